The third-order valence-corrected chi connectivity index (χ3v) is 4.68. The van der Waals surface area contributed by atoms with Gasteiger partial charge < -0.3 is 10.5 Å². The minimum atomic E-state index is -1.46. The third-order valence-electron chi connectivity index (χ3n) is 3.94. The Morgan fingerprint density at radius 2 is 1.86 bits per heavy atom. The molecular weight excluding hydrogens is 284 g/mol. The molecule has 4 N–H and O–H groups in total. The molecule has 116 valence electrons. The lowest BCUT2D eigenvalue weighted by Gasteiger charge is -2.24. The molecule has 1 aliphatic carbocycles. The zero-order valence-electron chi connectivity index (χ0n) is 12.5. The maximum atomic E-state index is 11.3. The fourth-order valence-corrected chi connectivity index (χ4v) is 3.22. The van der Waals surface area contributed by atoms with Crippen LogP contribution in [0.3, 0.4) is 0 Å². The molecule has 0 saturated heterocycles. The van der Waals surface area contributed by atoms with Gasteiger partial charge in [-0.05, 0) is 44.0 Å². The maximum Gasteiger partial charge on any atom is 0.145 e. The zero-order valence-corrected chi connectivity index (χ0v) is 13.3. The van der Waals surface area contributed by atoms with Crippen molar-refractivity contribution < 1.29 is 8.95 Å². The summed E-state index contributed by atoms with van der Waals surface area (Å²) in [5, 5.41) is 5.38. The van der Waals surface area contributed by atoms with Gasteiger partial charge in [-0.2, -0.15) is 0 Å². The summed E-state index contributed by atoms with van der Waals surface area (Å²) in [5.41, 5.74) is 8.15. The summed E-state index contributed by atoms with van der Waals surface area (Å²) in [4.78, 5) is 0.603. The Kier molecular flexibility index (Phi) is 5.82. The molecule has 2 rings (SSSR count). The van der Waals surface area contributed by atoms with Gasteiger partial charge in [0.05, 0.1) is 17.2 Å². The van der Waals surface area contributed by atoms with Gasteiger partial charge in [0.15, 0.2) is 0 Å². The van der Waals surface area contributed by atoms with Gasteiger partial charge in [-0.3, -0.25) is 0 Å². The van der Waals surface area contributed by atoms with Crippen LogP contribution in [0.5, 0.6) is 0 Å². The van der Waals surface area contributed by atoms with E-state index in [0.717, 1.165) is 29.9 Å². The van der Waals surface area contributed by atoms with Gasteiger partial charge in [-0.25, -0.2) is 9.35 Å². The lowest BCUT2D eigenvalue weighted by molar-refractivity contribution is 0.287. The van der Waals surface area contributed by atoms with Crippen molar-refractivity contribution in [3.8, 4) is 0 Å². The Morgan fingerprint density at radius 3 is 2.38 bits per heavy atom. The van der Waals surface area contributed by atoms with E-state index in [9.17, 15) is 4.21 Å². The van der Waals surface area contributed by atoms with Crippen LogP contribution in [-0.4, -0.2) is 10.8 Å². The topological polar surface area (TPSA) is 78.3 Å². The molecule has 4 nitrogen and oxygen atoms in total. The molecule has 1 aliphatic rings. The molecule has 0 amide bonds. The normalized spacial score (nSPS) is 19.0. The van der Waals surface area contributed by atoms with Crippen LogP contribution in [0.1, 0.15) is 44.6 Å². The molecule has 0 aromatic heterocycles. The summed E-state index contributed by atoms with van der Waals surface area (Å²) in [6.07, 6.45) is 6.02. The van der Waals surface area contributed by atoms with E-state index in [4.69, 9.17) is 15.6 Å². The largest absolute Gasteiger partial charge is 0.491 e. The first-order valence-electron chi connectivity index (χ1n) is 7.52. The molecule has 0 spiro atoms. The molecule has 1 saturated carbocycles. The second-order valence-corrected chi connectivity index (χ2v) is 6.44. The summed E-state index contributed by atoms with van der Waals surface area (Å²) in [7, 11) is -1.46. The van der Waals surface area contributed by atoms with Crippen molar-refractivity contribution in [2.24, 2.45) is 16.8 Å². The van der Waals surface area contributed by atoms with Gasteiger partial charge in [0.1, 0.15) is 16.7 Å². The van der Waals surface area contributed by atoms with E-state index in [1.54, 1.807) is 12.1 Å². The number of nitrogens with two attached hydrogens (primary N) is 2. The standard InChI is InChI=1S/C16H24N2O2S/c1-2-20-16(15(17)12-6-4-3-5-7-12)13-8-10-14(11-9-13)21(18)19/h8-12H,2-7,17-18H2,1H3/b16-15-. The van der Waals surface area contributed by atoms with Gasteiger partial charge >= 0.3 is 0 Å². The van der Waals surface area contributed by atoms with Crippen LogP contribution in [0.2, 0.25) is 0 Å². The van der Waals surface area contributed by atoms with Crippen LogP contribution < -0.4 is 10.9 Å². The maximum absolute atomic E-state index is 11.3. The Hall–Kier alpha value is -1.33. The molecule has 0 heterocycles. The monoisotopic (exact) mass is 308 g/mol. The first-order chi connectivity index (χ1) is 10.1. The Morgan fingerprint density at radius 1 is 1.24 bits per heavy atom. The molecule has 0 aliphatic heterocycles. The van der Waals surface area contributed by atoms with Gasteiger partial charge in [-0.1, -0.05) is 19.3 Å². The van der Waals surface area contributed by atoms with Crippen LogP contribution in [0.25, 0.3) is 5.76 Å². The highest BCUT2D eigenvalue weighted by Crippen LogP contribution is 2.32. The smallest absolute Gasteiger partial charge is 0.145 e. The number of allylic oxidation sites excluding steroid dienone is 1. The van der Waals surface area contributed by atoms with Crippen LogP contribution in [-0.2, 0) is 15.7 Å². The van der Waals surface area contributed by atoms with Crippen molar-refractivity contribution in [1.82, 2.24) is 0 Å². The molecule has 0 radical (unpaired) electrons. The zero-order chi connectivity index (χ0) is 15.2. The third kappa shape index (κ3) is 4.08. The summed E-state index contributed by atoms with van der Waals surface area (Å²) >= 11 is 0. The highest BCUT2D eigenvalue weighted by atomic mass is 32.2. The van der Waals surface area contributed by atoms with Crippen molar-refractivity contribution in [2.75, 3.05) is 6.61 Å². The minimum absolute atomic E-state index is 0.406. The lowest BCUT2D eigenvalue weighted by Crippen LogP contribution is -2.18. The Labute approximate surface area is 129 Å². The van der Waals surface area contributed by atoms with Gasteiger partial charge in [0.2, 0.25) is 0 Å². The van der Waals surface area contributed by atoms with Crippen LogP contribution in [0.4, 0.5) is 0 Å². The SMILES string of the molecule is CCO/C(=C(\N)C1CCCCC1)c1ccc(S(N)=O)cc1. The highest BCUT2D eigenvalue weighted by Gasteiger charge is 2.20. The molecule has 0 bridgehead atoms. The summed E-state index contributed by atoms with van der Waals surface area (Å²) in [6, 6.07) is 7.28. The van der Waals surface area contributed by atoms with Crippen molar-refractivity contribution >= 4 is 16.7 Å². The van der Waals surface area contributed by atoms with E-state index in [2.05, 4.69) is 0 Å². The number of hydrogen-bond donors (Lipinski definition) is 2. The number of hydrogen-bond acceptors (Lipinski definition) is 3. The molecular formula is C16H24N2O2S. The van der Waals surface area contributed by atoms with E-state index in [0.29, 0.717) is 17.4 Å². The lowest BCUT2D eigenvalue weighted by atomic mass is 9.86. The first-order valence-corrected chi connectivity index (χ1v) is 8.73. The first kappa shape index (κ1) is 16.0. The molecule has 1 unspecified atom stereocenters. The summed E-state index contributed by atoms with van der Waals surface area (Å²) in [5.74, 6) is 1.17. The van der Waals surface area contributed by atoms with Gasteiger partial charge in [-0.15, -0.1) is 0 Å². The number of benzene rings is 1. The van der Waals surface area contributed by atoms with Gasteiger partial charge in [0.25, 0.3) is 0 Å². The van der Waals surface area contributed by atoms with Crippen molar-refractivity contribution in [2.45, 2.75) is 43.9 Å². The second kappa shape index (κ2) is 7.61. The van der Waals surface area contributed by atoms with E-state index in [-0.39, 0.29) is 0 Å². The van der Waals surface area contributed by atoms with Crippen LogP contribution >= 0.6 is 0 Å². The average Bonchev–Trinajstić information content (AvgIpc) is 2.53. The number of rotatable bonds is 5. The molecule has 1 aromatic carbocycles. The predicted molar refractivity (Wildman–Crippen MR) is 86.3 cm³/mol. The number of ether oxygens (including phenoxy) is 1. The van der Waals surface area contributed by atoms with Crippen molar-refractivity contribution in [3.05, 3.63) is 35.5 Å². The van der Waals surface area contributed by atoms with E-state index >= 15 is 0 Å². The average molecular weight is 308 g/mol. The summed E-state index contributed by atoms with van der Waals surface area (Å²) < 4.78 is 17.0. The van der Waals surface area contributed by atoms with Crippen molar-refractivity contribution in [1.29, 1.82) is 0 Å². The molecule has 1 atom stereocenters. The van der Waals surface area contributed by atoms with Crippen LogP contribution in [0.15, 0.2) is 34.9 Å². The molecule has 1 aromatic rings. The quantitative estimate of drug-likeness (QED) is 0.821. The highest BCUT2D eigenvalue weighted by molar-refractivity contribution is 7.82. The summed E-state index contributed by atoms with van der Waals surface area (Å²) in [6.45, 7) is 2.53. The minimum Gasteiger partial charge on any atom is -0.491 e. The molecule has 1 fully saturated rings. The van der Waals surface area contributed by atoms with Crippen LogP contribution in [0, 0.1) is 5.92 Å². The Balaban J connectivity index is 2.30. The second-order valence-electron chi connectivity index (χ2n) is 5.37. The van der Waals surface area contributed by atoms with E-state index in [1.165, 1.54) is 19.3 Å². The Bertz CT molecular complexity index is 520. The predicted octanol–water partition coefficient (Wildman–Crippen LogP) is 2.91. The fourth-order valence-electron chi connectivity index (χ4n) is 2.82. The van der Waals surface area contributed by atoms with E-state index in [1.807, 2.05) is 19.1 Å². The van der Waals surface area contributed by atoms with E-state index < -0.39 is 11.0 Å². The van der Waals surface area contributed by atoms with Gasteiger partial charge in [0, 0.05) is 11.5 Å². The van der Waals surface area contributed by atoms with Crippen molar-refractivity contribution in [3.63, 3.8) is 0 Å². The molecule has 5 heteroatoms. The fraction of sp³-hybridized carbons (Fsp3) is 0.500. The molecule has 21 heavy (non-hydrogen) atoms.